The van der Waals surface area contributed by atoms with Gasteiger partial charge in [-0.2, -0.15) is 15.0 Å². The highest BCUT2D eigenvalue weighted by atomic mass is 16.5. The summed E-state index contributed by atoms with van der Waals surface area (Å²) in [6.07, 6.45) is 5.17. The maximum Gasteiger partial charge on any atom is 0.256 e. The van der Waals surface area contributed by atoms with Gasteiger partial charge < -0.3 is 9.64 Å². The SMILES string of the molecule is C[C@@H]1CC[C@@H](COc2ccc3ccccc3n2)CN1C(=O)c1ccccc1-n1nccn1. The second-order valence-corrected chi connectivity index (χ2v) is 8.24. The molecule has 0 unspecified atom stereocenters. The predicted octanol–water partition coefficient (Wildman–Crippen LogP) is 4.14. The monoisotopic (exact) mass is 427 g/mol. The van der Waals surface area contributed by atoms with Gasteiger partial charge in [-0.3, -0.25) is 4.79 Å². The second-order valence-electron chi connectivity index (χ2n) is 8.24. The van der Waals surface area contributed by atoms with E-state index in [4.69, 9.17) is 4.74 Å². The number of likely N-dealkylation sites (tertiary alicyclic amines) is 1. The van der Waals surface area contributed by atoms with Crippen molar-refractivity contribution in [1.29, 1.82) is 0 Å². The van der Waals surface area contributed by atoms with E-state index in [0.29, 0.717) is 30.3 Å². The third-order valence-electron chi connectivity index (χ3n) is 6.05. The summed E-state index contributed by atoms with van der Waals surface area (Å²) in [5, 5.41) is 9.49. The van der Waals surface area contributed by atoms with Crippen LogP contribution in [0.5, 0.6) is 5.88 Å². The Morgan fingerprint density at radius 3 is 2.66 bits per heavy atom. The summed E-state index contributed by atoms with van der Waals surface area (Å²) < 4.78 is 6.03. The van der Waals surface area contributed by atoms with Crippen LogP contribution in [-0.4, -0.2) is 50.0 Å². The van der Waals surface area contributed by atoms with Gasteiger partial charge in [0.15, 0.2) is 0 Å². The quantitative estimate of drug-likeness (QED) is 0.479. The molecule has 2 aromatic carbocycles. The normalized spacial score (nSPS) is 18.6. The average molecular weight is 428 g/mol. The van der Waals surface area contributed by atoms with Crippen LogP contribution >= 0.6 is 0 Å². The van der Waals surface area contributed by atoms with Gasteiger partial charge in [0.1, 0.15) is 0 Å². The Labute approximate surface area is 186 Å². The number of nitrogens with zero attached hydrogens (tertiary/aromatic N) is 5. The van der Waals surface area contributed by atoms with Crippen molar-refractivity contribution in [2.75, 3.05) is 13.2 Å². The highest BCUT2D eigenvalue weighted by Gasteiger charge is 2.31. The van der Waals surface area contributed by atoms with Crippen LogP contribution in [0.1, 0.15) is 30.1 Å². The number of fused-ring (bicyclic) bond motifs is 1. The Balaban J connectivity index is 1.30. The van der Waals surface area contributed by atoms with Crippen LogP contribution in [0.25, 0.3) is 16.6 Å². The van der Waals surface area contributed by atoms with Gasteiger partial charge in [0.05, 0.1) is 35.8 Å². The number of carbonyl (C=O) groups is 1. The largest absolute Gasteiger partial charge is 0.477 e. The molecule has 0 aliphatic carbocycles. The van der Waals surface area contributed by atoms with Gasteiger partial charge in [0.25, 0.3) is 5.91 Å². The Kier molecular flexibility index (Phi) is 5.54. The van der Waals surface area contributed by atoms with Crippen LogP contribution in [0.3, 0.4) is 0 Å². The first-order chi connectivity index (χ1) is 15.7. The fraction of sp³-hybridized carbons (Fsp3) is 0.280. The van der Waals surface area contributed by atoms with Crippen LogP contribution in [0, 0.1) is 5.92 Å². The molecule has 0 bridgehead atoms. The number of ether oxygens (including phenoxy) is 1. The Morgan fingerprint density at radius 1 is 1.00 bits per heavy atom. The molecule has 1 aliphatic heterocycles. The molecule has 7 nitrogen and oxygen atoms in total. The van der Waals surface area contributed by atoms with Crippen molar-refractivity contribution in [3.63, 3.8) is 0 Å². The maximum atomic E-state index is 13.5. The van der Waals surface area contributed by atoms with E-state index in [1.807, 2.05) is 65.6 Å². The van der Waals surface area contributed by atoms with Gasteiger partial charge in [0.2, 0.25) is 5.88 Å². The molecule has 1 saturated heterocycles. The molecule has 1 aliphatic rings. The maximum absolute atomic E-state index is 13.5. The third kappa shape index (κ3) is 4.06. The lowest BCUT2D eigenvalue weighted by molar-refractivity contribution is 0.0502. The van der Waals surface area contributed by atoms with Crippen LogP contribution in [0.2, 0.25) is 0 Å². The molecule has 0 N–H and O–H groups in total. The minimum absolute atomic E-state index is 0.000991. The number of pyridine rings is 1. The molecular formula is C25H25N5O2. The smallest absolute Gasteiger partial charge is 0.256 e. The van der Waals surface area contributed by atoms with E-state index in [9.17, 15) is 4.79 Å². The zero-order valence-electron chi connectivity index (χ0n) is 18.0. The molecule has 32 heavy (non-hydrogen) atoms. The van der Waals surface area contributed by atoms with E-state index in [2.05, 4.69) is 22.1 Å². The molecule has 1 amide bonds. The molecule has 7 heteroatoms. The van der Waals surface area contributed by atoms with Gasteiger partial charge in [0, 0.05) is 30.0 Å². The lowest BCUT2D eigenvalue weighted by atomic mass is 9.93. The number of carbonyl (C=O) groups excluding carboxylic acids is 1. The number of rotatable bonds is 5. The highest BCUT2D eigenvalue weighted by molar-refractivity contribution is 5.98. The van der Waals surface area contributed by atoms with Crippen molar-refractivity contribution in [2.24, 2.45) is 5.92 Å². The molecule has 4 aromatic rings. The molecule has 2 aromatic heterocycles. The van der Waals surface area contributed by atoms with E-state index in [1.54, 1.807) is 12.4 Å². The summed E-state index contributed by atoms with van der Waals surface area (Å²) in [6.45, 7) is 3.29. The van der Waals surface area contributed by atoms with Crippen molar-refractivity contribution in [1.82, 2.24) is 24.9 Å². The van der Waals surface area contributed by atoms with E-state index >= 15 is 0 Å². The topological polar surface area (TPSA) is 73.1 Å². The van der Waals surface area contributed by atoms with Crippen molar-refractivity contribution >= 4 is 16.8 Å². The average Bonchev–Trinajstić information content (AvgIpc) is 3.38. The van der Waals surface area contributed by atoms with Gasteiger partial charge in [-0.15, -0.1) is 0 Å². The number of hydrogen-bond donors (Lipinski definition) is 0. The van der Waals surface area contributed by atoms with Crippen molar-refractivity contribution in [3.05, 3.63) is 78.6 Å². The number of amides is 1. The summed E-state index contributed by atoms with van der Waals surface area (Å²) in [7, 11) is 0. The second kappa shape index (κ2) is 8.78. The van der Waals surface area contributed by atoms with Crippen LogP contribution < -0.4 is 4.74 Å². The number of para-hydroxylation sites is 2. The number of hydrogen-bond acceptors (Lipinski definition) is 5. The predicted molar refractivity (Wildman–Crippen MR) is 122 cm³/mol. The first kappa shape index (κ1) is 20.2. The molecular weight excluding hydrogens is 402 g/mol. The fourth-order valence-electron chi connectivity index (χ4n) is 4.26. The zero-order valence-corrected chi connectivity index (χ0v) is 18.0. The van der Waals surface area contributed by atoms with Crippen molar-refractivity contribution < 1.29 is 9.53 Å². The number of aromatic nitrogens is 4. The van der Waals surface area contributed by atoms with E-state index in [1.165, 1.54) is 4.80 Å². The zero-order chi connectivity index (χ0) is 21.9. The van der Waals surface area contributed by atoms with Crippen LogP contribution in [-0.2, 0) is 0 Å². The molecule has 2 atom stereocenters. The Hall–Kier alpha value is -3.74. The van der Waals surface area contributed by atoms with Gasteiger partial charge in [-0.25, -0.2) is 4.98 Å². The van der Waals surface area contributed by atoms with Gasteiger partial charge in [-0.1, -0.05) is 30.3 Å². The minimum Gasteiger partial charge on any atom is -0.477 e. The summed E-state index contributed by atoms with van der Waals surface area (Å²) >= 11 is 0. The van der Waals surface area contributed by atoms with Crippen LogP contribution in [0.15, 0.2) is 73.1 Å². The van der Waals surface area contributed by atoms with Gasteiger partial charge in [-0.05, 0) is 44.0 Å². The summed E-state index contributed by atoms with van der Waals surface area (Å²) in [6, 6.07) is 19.6. The molecule has 0 radical (unpaired) electrons. The minimum atomic E-state index is -0.000991. The standard InChI is InChI=1S/C25H25N5O2/c1-18-10-11-19(17-32-24-13-12-20-6-2-4-8-22(20)28-24)16-29(18)25(31)21-7-3-5-9-23(21)30-26-14-15-27-30/h2-9,12-15,18-19H,10-11,16-17H2,1H3/t18-,19-/m1/s1. The first-order valence-corrected chi connectivity index (χ1v) is 10.9. The fourth-order valence-corrected chi connectivity index (χ4v) is 4.26. The van der Waals surface area contributed by atoms with Crippen LogP contribution in [0.4, 0.5) is 0 Å². The van der Waals surface area contributed by atoms with E-state index in [0.717, 1.165) is 23.7 Å². The molecule has 0 spiro atoms. The number of piperidine rings is 1. The van der Waals surface area contributed by atoms with Crippen molar-refractivity contribution in [3.8, 4) is 11.6 Å². The number of benzene rings is 2. The molecule has 5 rings (SSSR count). The van der Waals surface area contributed by atoms with E-state index in [-0.39, 0.29) is 17.9 Å². The summed E-state index contributed by atoms with van der Waals surface area (Å²) in [5.74, 6) is 0.868. The molecule has 3 heterocycles. The van der Waals surface area contributed by atoms with E-state index < -0.39 is 0 Å². The van der Waals surface area contributed by atoms with Gasteiger partial charge >= 0.3 is 0 Å². The Bertz CT molecular complexity index is 1220. The highest BCUT2D eigenvalue weighted by Crippen LogP contribution is 2.26. The molecule has 1 fully saturated rings. The molecule has 0 saturated carbocycles. The lowest BCUT2D eigenvalue weighted by Crippen LogP contribution is -2.47. The summed E-state index contributed by atoms with van der Waals surface area (Å²) in [5.41, 5.74) is 2.21. The third-order valence-corrected chi connectivity index (χ3v) is 6.05. The Morgan fingerprint density at radius 2 is 1.78 bits per heavy atom. The molecule has 162 valence electrons. The summed E-state index contributed by atoms with van der Waals surface area (Å²) in [4.78, 5) is 21.5. The first-order valence-electron chi connectivity index (χ1n) is 10.9. The lowest BCUT2D eigenvalue weighted by Gasteiger charge is -2.38. The van der Waals surface area contributed by atoms with Crippen molar-refractivity contribution in [2.45, 2.75) is 25.8 Å².